The van der Waals surface area contributed by atoms with Gasteiger partial charge in [0.15, 0.2) is 0 Å². The third-order valence-electron chi connectivity index (χ3n) is 4.58. The van der Waals surface area contributed by atoms with Crippen LogP contribution in [-0.4, -0.2) is 53.1 Å². The third-order valence-corrected chi connectivity index (χ3v) is 4.58. The van der Waals surface area contributed by atoms with Crippen LogP contribution in [0.3, 0.4) is 0 Å². The second-order valence-corrected chi connectivity index (χ2v) is 7.12. The molecule has 0 aromatic rings. The highest BCUT2D eigenvalue weighted by molar-refractivity contribution is 5.68. The molecular weight excluding hydrogens is 246 g/mol. The maximum atomic E-state index is 12.0. The fourth-order valence-corrected chi connectivity index (χ4v) is 3.43. The molecule has 1 aliphatic carbocycles. The van der Waals surface area contributed by atoms with Crippen molar-refractivity contribution < 1.29 is 19.4 Å². The van der Waals surface area contributed by atoms with Gasteiger partial charge in [0.2, 0.25) is 0 Å². The molecule has 0 bridgehead atoms. The molecule has 2 heterocycles. The van der Waals surface area contributed by atoms with E-state index in [0.717, 1.165) is 19.3 Å². The SMILES string of the molecule is CC(C)(C)OC(=O)N1CCC2(CC1)C[C@@H]1O[C@H]1[C@H]2O. The molecule has 5 heteroatoms. The minimum atomic E-state index is -0.450. The molecule has 19 heavy (non-hydrogen) atoms. The molecule has 1 spiro atoms. The average molecular weight is 269 g/mol. The Morgan fingerprint density at radius 2 is 2.00 bits per heavy atom. The Kier molecular flexibility index (Phi) is 2.84. The number of aliphatic hydroxyl groups excluding tert-OH is 1. The quantitative estimate of drug-likeness (QED) is 0.678. The van der Waals surface area contributed by atoms with E-state index in [4.69, 9.17) is 9.47 Å². The van der Waals surface area contributed by atoms with Crippen molar-refractivity contribution in [3.05, 3.63) is 0 Å². The second kappa shape index (κ2) is 4.09. The van der Waals surface area contributed by atoms with Gasteiger partial charge in [-0.15, -0.1) is 0 Å². The molecule has 1 N–H and O–H groups in total. The fraction of sp³-hybridized carbons (Fsp3) is 0.929. The first kappa shape index (κ1) is 13.2. The number of aliphatic hydroxyl groups is 1. The van der Waals surface area contributed by atoms with E-state index in [9.17, 15) is 9.90 Å². The minimum Gasteiger partial charge on any atom is -0.444 e. The predicted molar refractivity (Wildman–Crippen MR) is 68.8 cm³/mol. The first-order chi connectivity index (χ1) is 8.81. The van der Waals surface area contributed by atoms with Crippen molar-refractivity contribution in [2.45, 2.75) is 63.9 Å². The number of carbonyl (C=O) groups excluding carboxylic acids is 1. The molecule has 108 valence electrons. The number of epoxide rings is 1. The summed E-state index contributed by atoms with van der Waals surface area (Å²) in [6, 6.07) is 0. The van der Waals surface area contributed by atoms with Crippen LogP contribution in [-0.2, 0) is 9.47 Å². The summed E-state index contributed by atoms with van der Waals surface area (Å²) in [5, 5.41) is 10.3. The van der Waals surface area contributed by atoms with E-state index in [1.807, 2.05) is 20.8 Å². The van der Waals surface area contributed by atoms with Crippen molar-refractivity contribution in [1.82, 2.24) is 4.90 Å². The number of hydrogen-bond acceptors (Lipinski definition) is 4. The Labute approximate surface area is 113 Å². The summed E-state index contributed by atoms with van der Waals surface area (Å²) >= 11 is 0. The standard InChI is InChI=1S/C14H23NO4/c1-13(2,3)19-12(17)15-6-4-14(5-7-15)8-9-10(18-9)11(14)16/h9-11,16H,4-8H2,1-3H3/t9-,10+,11+/m0/s1. The van der Waals surface area contributed by atoms with Crippen molar-refractivity contribution in [2.75, 3.05) is 13.1 Å². The van der Waals surface area contributed by atoms with Crippen LogP contribution >= 0.6 is 0 Å². The molecule has 0 unspecified atom stereocenters. The van der Waals surface area contributed by atoms with Gasteiger partial charge in [0.05, 0.1) is 12.2 Å². The Morgan fingerprint density at radius 3 is 2.47 bits per heavy atom. The first-order valence-electron chi connectivity index (χ1n) is 7.12. The van der Waals surface area contributed by atoms with Gasteiger partial charge in [-0.1, -0.05) is 0 Å². The van der Waals surface area contributed by atoms with Crippen LogP contribution in [0.4, 0.5) is 4.79 Å². The topological polar surface area (TPSA) is 62.3 Å². The third kappa shape index (κ3) is 2.34. The van der Waals surface area contributed by atoms with Crippen LogP contribution < -0.4 is 0 Å². The van der Waals surface area contributed by atoms with Crippen molar-refractivity contribution >= 4 is 6.09 Å². The number of hydrogen-bond donors (Lipinski definition) is 1. The summed E-state index contributed by atoms with van der Waals surface area (Å²) < 4.78 is 10.8. The number of nitrogens with zero attached hydrogens (tertiary/aromatic N) is 1. The monoisotopic (exact) mass is 269 g/mol. The van der Waals surface area contributed by atoms with Crippen LogP contribution in [0.1, 0.15) is 40.0 Å². The van der Waals surface area contributed by atoms with Gasteiger partial charge in [0.1, 0.15) is 11.7 Å². The zero-order valence-electron chi connectivity index (χ0n) is 11.9. The van der Waals surface area contributed by atoms with Crippen molar-refractivity contribution in [3.63, 3.8) is 0 Å². The number of carbonyl (C=O) groups is 1. The van der Waals surface area contributed by atoms with Crippen molar-refractivity contribution in [1.29, 1.82) is 0 Å². The summed E-state index contributed by atoms with van der Waals surface area (Å²) in [5.74, 6) is 0. The van der Waals surface area contributed by atoms with Gasteiger partial charge in [-0.2, -0.15) is 0 Å². The van der Waals surface area contributed by atoms with Crippen LogP contribution in [0.2, 0.25) is 0 Å². The molecular formula is C14H23NO4. The van der Waals surface area contributed by atoms with E-state index in [1.54, 1.807) is 4.90 Å². The molecule has 3 rings (SSSR count). The number of rotatable bonds is 0. The number of fused-ring (bicyclic) bond motifs is 1. The molecule has 0 aromatic carbocycles. The summed E-state index contributed by atoms with van der Waals surface area (Å²) in [4.78, 5) is 13.7. The Hall–Kier alpha value is -0.810. The summed E-state index contributed by atoms with van der Waals surface area (Å²) in [5.41, 5.74) is -0.472. The lowest BCUT2D eigenvalue weighted by Crippen LogP contribution is -2.48. The molecule has 0 aromatic heterocycles. The second-order valence-electron chi connectivity index (χ2n) is 7.12. The van der Waals surface area contributed by atoms with Gasteiger partial charge in [0.25, 0.3) is 0 Å². The Balaban J connectivity index is 1.56. The van der Waals surface area contributed by atoms with Gasteiger partial charge >= 0.3 is 6.09 Å². The molecule has 2 aliphatic heterocycles. The van der Waals surface area contributed by atoms with Gasteiger partial charge < -0.3 is 19.5 Å². The van der Waals surface area contributed by atoms with Crippen LogP contribution in [0.15, 0.2) is 0 Å². The number of amides is 1. The summed E-state index contributed by atoms with van der Waals surface area (Å²) in [7, 11) is 0. The number of likely N-dealkylation sites (tertiary alicyclic amines) is 1. The normalized spacial score (nSPS) is 36.2. The lowest BCUT2D eigenvalue weighted by atomic mass is 9.74. The maximum Gasteiger partial charge on any atom is 0.410 e. The highest BCUT2D eigenvalue weighted by Gasteiger charge is 2.63. The summed E-state index contributed by atoms with van der Waals surface area (Å²) in [6.45, 7) is 6.97. The first-order valence-corrected chi connectivity index (χ1v) is 7.12. The van der Waals surface area contributed by atoms with Crippen molar-refractivity contribution in [3.8, 4) is 0 Å². The maximum absolute atomic E-state index is 12.0. The lowest BCUT2D eigenvalue weighted by molar-refractivity contribution is -0.0465. The molecule has 2 saturated heterocycles. The molecule has 1 saturated carbocycles. The Morgan fingerprint density at radius 1 is 1.37 bits per heavy atom. The van der Waals surface area contributed by atoms with Gasteiger partial charge in [-0.25, -0.2) is 4.79 Å². The molecule has 0 radical (unpaired) electrons. The van der Waals surface area contributed by atoms with Gasteiger partial charge in [-0.3, -0.25) is 0 Å². The van der Waals surface area contributed by atoms with Crippen LogP contribution in [0, 0.1) is 5.41 Å². The van der Waals surface area contributed by atoms with Crippen molar-refractivity contribution in [2.24, 2.45) is 5.41 Å². The summed E-state index contributed by atoms with van der Waals surface area (Å²) in [6.07, 6.45) is 2.39. The van der Waals surface area contributed by atoms with E-state index in [1.165, 1.54) is 0 Å². The van der Waals surface area contributed by atoms with E-state index >= 15 is 0 Å². The van der Waals surface area contributed by atoms with E-state index in [0.29, 0.717) is 13.1 Å². The van der Waals surface area contributed by atoms with E-state index in [2.05, 4.69) is 0 Å². The highest BCUT2D eigenvalue weighted by atomic mass is 16.6. The molecule has 3 fully saturated rings. The fourth-order valence-electron chi connectivity index (χ4n) is 3.43. The molecule has 3 aliphatic rings. The Bertz CT molecular complexity index is 381. The zero-order chi connectivity index (χ0) is 13.8. The zero-order valence-corrected chi connectivity index (χ0v) is 11.9. The largest absolute Gasteiger partial charge is 0.444 e. The van der Waals surface area contributed by atoms with Crippen LogP contribution in [0.5, 0.6) is 0 Å². The molecule has 1 amide bonds. The van der Waals surface area contributed by atoms with Gasteiger partial charge in [0, 0.05) is 18.5 Å². The van der Waals surface area contributed by atoms with Gasteiger partial charge in [-0.05, 0) is 40.0 Å². The van der Waals surface area contributed by atoms with E-state index in [-0.39, 0.29) is 29.8 Å². The molecule has 3 atom stereocenters. The minimum absolute atomic E-state index is 0.0217. The highest BCUT2D eigenvalue weighted by Crippen LogP contribution is 2.54. The number of ether oxygens (including phenoxy) is 2. The molecule has 5 nitrogen and oxygen atoms in total. The predicted octanol–water partition coefficient (Wildman–Crippen LogP) is 1.54. The lowest BCUT2D eigenvalue weighted by Gasteiger charge is -2.42. The number of piperidine rings is 1. The van der Waals surface area contributed by atoms with Crippen LogP contribution in [0.25, 0.3) is 0 Å². The average Bonchev–Trinajstić information content (AvgIpc) is 3.00. The smallest absolute Gasteiger partial charge is 0.410 e. The van der Waals surface area contributed by atoms with E-state index < -0.39 is 5.60 Å².